The third kappa shape index (κ3) is 6.81. The molecular formula is C24H36N4O. The van der Waals surface area contributed by atoms with Gasteiger partial charge in [0.25, 0.3) is 0 Å². The Hall–Kier alpha value is -1.95. The minimum Gasteiger partial charge on any atom is -0.487 e. The first-order chi connectivity index (χ1) is 14.2. The zero-order valence-corrected chi connectivity index (χ0v) is 18.3. The zero-order chi connectivity index (χ0) is 20.5. The molecule has 0 aliphatic carbocycles. The van der Waals surface area contributed by atoms with E-state index in [0.717, 1.165) is 24.5 Å². The van der Waals surface area contributed by atoms with Gasteiger partial charge in [0.2, 0.25) is 0 Å². The number of rotatable bonds is 10. The van der Waals surface area contributed by atoms with Gasteiger partial charge in [0.15, 0.2) is 0 Å². The van der Waals surface area contributed by atoms with Crippen LogP contribution < -0.4 is 10.1 Å². The maximum Gasteiger partial charge on any atom is 0.130 e. The van der Waals surface area contributed by atoms with E-state index in [1.54, 1.807) is 6.20 Å². The molecule has 1 aliphatic heterocycles. The first-order valence-electron chi connectivity index (χ1n) is 10.9. The molecule has 0 bridgehead atoms. The third-order valence-corrected chi connectivity index (χ3v) is 5.68. The standard InChI is InChI=1S/C24H36N4O/c1-4-27-12-14-28(15-13-27)11-7-9-25-18-22-16-20(2)24(21(3)17-22)29-19-23-8-5-6-10-26-23/h5-6,8,10,16-17,25H,4,7,9,11-15,18-19H2,1-3H3. The van der Waals surface area contributed by atoms with Crippen LogP contribution in [-0.2, 0) is 13.2 Å². The van der Waals surface area contributed by atoms with E-state index < -0.39 is 0 Å². The molecule has 2 heterocycles. The summed E-state index contributed by atoms with van der Waals surface area (Å²) in [6.45, 7) is 16.2. The predicted molar refractivity (Wildman–Crippen MR) is 119 cm³/mol. The van der Waals surface area contributed by atoms with Crippen LogP contribution in [0.1, 0.15) is 35.7 Å². The lowest BCUT2D eigenvalue weighted by Crippen LogP contribution is -2.46. The minimum absolute atomic E-state index is 0.507. The van der Waals surface area contributed by atoms with Crippen molar-refractivity contribution in [2.45, 2.75) is 40.3 Å². The molecule has 2 aromatic rings. The molecule has 5 heteroatoms. The van der Waals surface area contributed by atoms with E-state index in [-0.39, 0.29) is 0 Å². The molecule has 1 saturated heterocycles. The van der Waals surface area contributed by atoms with Gasteiger partial charge >= 0.3 is 0 Å². The Morgan fingerprint density at radius 2 is 1.76 bits per heavy atom. The summed E-state index contributed by atoms with van der Waals surface area (Å²) in [4.78, 5) is 9.45. The summed E-state index contributed by atoms with van der Waals surface area (Å²) in [6, 6.07) is 10.4. The Morgan fingerprint density at radius 1 is 1.03 bits per heavy atom. The molecule has 29 heavy (non-hydrogen) atoms. The van der Waals surface area contributed by atoms with Gasteiger partial charge in [-0.25, -0.2) is 0 Å². The Balaban J connectivity index is 1.39. The largest absolute Gasteiger partial charge is 0.487 e. The molecule has 0 amide bonds. The van der Waals surface area contributed by atoms with E-state index in [4.69, 9.17) is 4.74 Å². The average Bonchev–Trinajstić information content (AvgIpc) is 2.74. The second kappa shape index (κ2) is 11.3. The first kappa shape index (κ1) is 21.8. The number of hydrogen-bond donors (Lipinski definition) is 1. The lowest BCUT2D eigenvalue weighted by molar-refractivity contribution is 0.136. The Morgan fingerprint density at radius 3 is 2.41 bits per heavy atom. The number of aryl methyl sites for hydroxylation is 2. The molecule has 1 aliphatic rings. The van der Waals surface area contributed by atoms with Crippen molar-refractivity contribution >= 4 is 0 Å². The highest BCUT2D eigenvalue weighted by molar-refractivity contribution is 5.43. The maximum atomic E-state index is 6.04. The Labute approximate surface area is 176 Å². The number of ether oxygens (including phenoxy) is 1. The fourth-order valence-corrected chi connectivity index (χ4v) is 3.99. The van der Waals surface area contributed by atoms with Crippen LogP contribution in [0.3, 0.4) is 0 Å². The van der Waals surface area contributed by atoms with Gasteiger partial charge in [-0.05, 0) is 68.7 Å². The van der Waals surface area contributed by atoms with Crippen molar-refractivity contribution in [3.05, 3.63) is 58.9 Å². The van der Waals surface area contributed by atoms with Gasteiger partial charge in [-0.2, -0.15) is 0 Å². The van der Waals surface area contributed by atoms with E-state index >= 15 is 0 Å². The smallest absolute Gasteiger partial charge is 0.130 e. The molecule has 3 rings (SSSR count). The number of nitrogens with one attached hydrogen (secondary N) is 1. The van der Waals surface area contributed by atoms with Crippen LogP contribution >= 0.6 is 0 Å². The van der Waals surface area contributed by atoms with Crippen molar-refractivity contribution < 1.29 is 4.74 Å². The van der Waals surface area contributed by atoms with Crippen molar-refractivity contribution in [2.75, 3.05) is 45.8 Å². The zero-order valence-electron chi connectivity index (χ0n) is 18.3. The van der Waals surface area contributed by atoms with Crippen molar-refractivity contribution in [1.82, 2.24) is 20.1 Å². The molecule has 0 atom stereocenters. The van der Waals surface area contributed by atoms with Crippen molar-refractivity contribution in [2.24, 2.45) is 0 Å². The number of hydrogen-bond acceptors (Lipinski definition) is 5. The van der Waals surface area contributed by atoms with Crippen LogP contribution in [0.4, 0.5) is 0 Å². The first-order valence-corrected chi connectivity index (χ1v) is 10.9. The van der Waals surface area contributed by atoms with Gasteiger partial charge in [0.05, 0.1) is 5.69 Å². The number of aromatic nitrogens is 1. The number of benzene rings is 1. The van der Waals surface area contributed by atoms with Crippen LogP contribution in [-0.4, -0.2) is 60.6 Å². The molecule has 1 fully saturated rings. The van der Waals surface area contributed by atoms with Crippen molar-refractivity contribution in [3.63, 3.8) is 0 Å². The molecular weight excluding hydrogens is 360 g/mol. The van der Waals surface area contributed by atoms with E-state index in [1.807, 2.05) is 18.2 Å². The second-order valence-corrected chi connectivity index (χ2v) is 7.97. The molecule has 1 aromatic carbocycles. The molecule has 1 N–H and O–H groups in total. The monoisotopic (exact) mass is 396 g/mol. The van der Waals surface area contributed by atoms with E-state index in [9.17, 15) is 0 Å². The maximum absolute atomic E-state index is 6.04. The van der Waals surface area contributed by atoms with E-state index in [2.05, 4.69) is 53.0 Å². The SMILES string of the molecule is CCN1CCN(CCCNCc2cc(C)c(OCc3ccccn3)c(C)c2)CC1. The summed E-state index contributed by atoms with van der Waals surface area (Å²) in [5.74, 6) is 0.977. The van der Waals surface area contributed by atoms with Gasteiger partial charge in [-0.1, -0.05) is 25.1 Å². The van der Waals surface area contributed by atoms with Gasteiger partial charge in [0, 0.05) is 38.9 Å². The summed E-state index contributed by atoms with van der Waals surface area (Å²) in [5, 5.41) is 3.61. The van der Waals surface area contributed by atoms with Gasteiger partial charge in [-0.3, -0.25) is 4.98 Å². The summed E-state index contributed by atoms with van der Waals surface area (Å²) in [7, 11) is 0. The Kier molecular flexibility index (Phi) is 8.47. The number of pyridine rings is 1. The van der Waals surface area contributed by atoms with E-state index in [0.29, 0.717) is 6.61 Å². The second-order valence-electron chi connectivity index (χ2n) is 7.97. The number of likely N-dealkylation sites (N-methyl/N-ethyl adjacent to an activating group) is 1. The van der Waals surface area contributed by atoms with Crippen LogP contribution in [0.2, 0.25) is 0 Å². The summed E-state index contributed by atoms with van der Waals surface area (Å²) >= 11 is 0. The van der Waals surface area contributed by atoms with Crippen molar-refractivity contribution in [3.8, 4) is 5.75 Å². The summed E-state index contributed by atoms with van der Waals surface area (Å²) in [5.41, 5.74) is 4.65. The topological polar surface area (TPSA) is 40.6 Å². The van der Waals surface area contributed by atoms with Gasteiger partial charge < -0.3 is 19.9 Å². The van der Waals surface area contributed by atoms with Crippen LogP contribution in [0.5, 0.6) is 5.75 Å². The Bertz CT molecular complexity index is 719. The minimum atomic E-state index is 0.507. The molecule has 0 spiro atoms. The average molecular weight is 397 g/mol. The predicted octanol–water partition coefficient (Wildman–Crippen LogP) is 3.39. The highest BCUT2D eigenvalue weighted by Gasteiger charge is 2.14. The molecule has 5 nitrogen and oxygen atoms in total. The van der Waals surface area contributed by atoms with Gasteiger partial charge in [0.1, 0.15) is 12.4 Å². The molecule has 0 saturated carbocycles. The van der Waals surface area contributed by atoms with E-state index in [1.165, 1.54) is 62.4 Å². The molecule has 0 radical (unpaired) electrons. The molecule has 158 valence electrons. The highest BCUT2D eigenvalue weighted by Crippen LogP contribution is 2.25. The van der Waals surface area contributed by atoms with Crippen LogP contribution in [0.15, 0.2) is 36.5 Å². The quantitative estimate of drug-likeness (QED) is 0.624. The van der Waals surface area contributed by atoms with Crippen LogP contribution in [0.25, 0.3) is 0 Å². The fourth-order valence-electron chi connectivity index (χ4n) is 3.99. The number of nitrogens with zero attached hydrogens (tertiary/aromatic N) is 3. The van der Waals surface area contributed by atoms with Crippen LogP contribution in [0, 0.1) is 13.8 Å². The van der Waals surface area contributed by atoms with Crippen molar-refractivity contribution in [1.29, 1.82) is 0 Å². The lowest BCUT2D eigenvalue weighted by atomic mass is 10.1. The highest BCUT2D eigenvalue weighted by atomic mass is 16.5. The summed E-state index contributed by atoms with van der Waals surface area (Å²) in [6.07, 6.45) is 3.01. The molecule has 0 unspecified atom stereocenters. The molecule has 1 aromatic heterocycles. The normalized spacial score (nSPS) is 15.6. The number of piperazine rings is 1. The third-order valence-electron chi connectivity index (χ3n) is 5.68. The summed E-state index contributed by atoms with van der Waals surface area (Å²) < 4.78 is 6.04. The lowest BCUT2D eigenvalue weighted by Gasteiger charge is -2.34. The fraction of sp³-hybridized carbons (Fsp3) is 0.542. The van der Waals surface area contributed by atoms with Gasteiger partial charge in [-0.15, -0.1) is 0 Å².